The smallest absolute Gasteiger partial charge is 0.169 e. The molecule has 1 N–H and O–H groups in total. The molecule has 1 atom stereocenters. The molecule has 0 spiro atoms. The van der Waals surface area contributed by atoms with Gasteiger partial charge in [-0.05, 0) is 32.6 Å². The Hall–Kier alpha value is -1.23. The molecule has 1 aromatic heterocycles. The number of aliphatic hydroxyl groups is 1. The zero-order valence-corrected chi connectivity index (χ0v) is 11.7. The average Bonchev–Trinajstić information content (AvgIpc) is 2.87. The SMILES string of the molecule is CC(C)n1ncnc1CC(=O)C(O)C1CCCCC1. The molecule has 1 aromatic rings. The van der Waals surface area contributed by atoms with E-state index in [1.54, 1.807) is 4.68 Å². The quantitative estimate of drug-likeness (QED) is 0.883. The Bertz CT molecular complexity index is 422. The molecule has 5 nitrogen and oxygen atoms in total. The van der Waals surface area contributed by atoms with Crippen molar-refractivity contribution < 1.29 is 9.90 Å². The molecule has 1 aliphatic carbocycles. The summed E-state index contributed by atoms with van der Waals surface area (Å²) in [5, 5.41) is 14.3. The highest BCUT2D eigenvalue weighted by atomic mass is 16.3. The molecule has 5 heteroatoms. The summed E-state index contributed by atoms with van der Waals surface area (Å²) in [6.45, 7) is 4.00. The van der Waals surface area contributed by atoms with Crippen LogP contribution in [-0.2, 0) is 11.2 Å². The summed E-state index contributed by atoms with van der Waals surface area (Å²) in [6.07, 6.45) is 6.20. The van der Waals surface area contributed by atoms with Gasteiger partial charge in [0.15, 0.2) is 5.78 Å². The van der Waals surface area contributed by atoms with E-state index in [0.717, 1.165) is 25.7 Å². The summed E-state index contributed by atoms with van der Waals surface area (Å²) in [7, 11) is 0. The van der Waals surface area contributed by atoms with Crippen LogP contribution in [0.2, 0.25) is 0 Å². The van der Waals surface area contributed by atoms with Crippen LogP contribution in [0.4, 0.5) is 0 Å². The lowest BCUT2D eigenvalue weighted by Gasteiger charge is -2.25. The number of aliphatic hydroxyl groups excluding tert-OH is 1. The lowest BCUT2D eigenvalue weighted by molar-refractivity contribution is -0.129. The van der Waals surface area contributed by atoms with E-state index in [9.17, 15) is 9.90 Å². The molecule has 0 aromatic carbocycles. The van der Waals surface area contributed by atoms with Crippen molar-refractivity contribution in [1.29, 1.82) is 0 Å². The molecule has 1 saturated carbocycles. The van der Waals surface area contributed by atoms with E-state index in [-0.39, 0.29) is 24.2 Å². The molecule has 0 bridgehead atoms. The molecule has 0 saturated heterocycles. The van der Waals surface area contributed by atoms with Crippen molar-refractivity contribution in [3.63, 3.8) is 0 Å². The van der Waals surface area contributed by atoms with Crippen molar-refractivity contribution in [3.8, 4) is 0 Å². The normalized spacial score (nSPS) is 18.7. The van der Waals surface area contributed by atoms with E-state index in [2.05, 4.69) is 10.1 Å². The molecule has 1 aliphatic rings. The van der Waals surface area contributed by atoms with Crippen molar-refractivity contribution in [1.82, 2.24) is 14.8 Å². The number of hydrogen-bond acceptors (Lipinski definition) is 4. The van der Waals surface area contributed by atoms with E-state index in [0.29, 0.717) is 5.82 Å². The van der Waals surface area contributed by atoms with Crippen LogP contribution < -0.4 is 0 Å². The van der Waals surface area contributed by atoms with E-state index in [1.807, 2.05) is 13.8 Å². The Kier molecular flexibility index (Phi) is 4.69. The molecular weight excluding hydrogens is 242 g/mol. The largest absolute Gasteiger partial charge is 0.385 e. The van der Waals surface area contributed by atoms with Crippen molar-refractivity contribution >= 4 is 5.78 Å². The Morgan fingerprint density at radius 2 is 2.11 bits per heavy atom. The zero-order valence-electron chi connectivity index (χ0n) is 11.7. The van der Waals surface area contributed by atoms with Crippen LogP contribution in [0.1, 0.15) is 57.8 Å². The lowest BCUT2D eigenvalue weighted by atomic mass is 9.83. The number of carbonyl (C=O) groups excluding carboxylic acids is 1. The summed E-state index contributed by atoms with van der Waals surface area (Å²) in [5.74, 6) is 0.660. The van der Waals surface area contributed by atoms with Gasteiger partial charge in [-0.1, -0.05) is 19.3 Å². The van der Waals surface area contributed by atoms with Crippen molar-refractivity contribution in [2.75, 3.05) is 0 Å². The molecule has 0 radical (unpaired) electrons. The van der Waals surface area contributed by atoms with Gasteiger partial charge in [0.2, 0.25) is 0 Å². The van der Waals surface area contributed by atoms with Gasteiger partial charge < -0.3 is 5.11 Å². The fourth-order valence-corrected chi connectivity index (χ4v) is 2.81. The van der Waals surface area contributed by atoms with Gasteiger partial charge in [0.25, 0.3) is 0 Å². The van der Waals surface area contributed by atoms with Gasteiger partial charge in [0.05, 0.1) is 6.42 Å². The summed E-state index contributed by atoms with van der Waals surface area (Å²) in [5.41, 5.74) is 0. The van der Waals surface area contributed by atoms with E-state index >= 15 is 0 Å². The average molecular weight is 265 g/mol. The molecule has 0 aliphatic heterocycles. The van der Waals surface area contributed by atoms with Crippen LogP contribution in [0, 0.1) is 5.92 Å². The van der Waals surface area contributed by atoms with Gasteiger partial charge in [-0.15, -0.1) is 0 Å². The molecule has 1 unspecified atom stereocenters. The Balaban J connectivity index is 1.97. The van der Waals surface area contributed by atoms with E-state index in [1.165, 1.54) is 12.7 Å². The number of Topliss-reactive ketones (excluding diaryl/α,β-unsaturated/α-hetero) is 1. The van der Waals surface area contributed by atoms with Crippen LogP contribution >= 0.6 is 0 Å². The molecule has 2 rings (SSSR count). The number of aromatic nitrogens is 3. The summed E-state index contributed by atoms with van der Waals surface area (Å²) < 4.78 is 1.74. The minimum atomic E-state index is -0.836. The molecule has 0 amide bonds. The predicted octanol–water partition coefficient (Wildman–Crippen LogP) is 1.91. The van der Waals surface area contributed by atoms with Crippen molar-refractivity contribution in [3.05, 3.63) is 12.2 Å². The van der Waals surface area contributed by atoms with E-state index in [4.69, 9.17) is 0 Å². The summed E-state index contributed by atoms with van der Waals surface area (Å²) in [6, 6.07) is 0.178. The number of nitrogens with zero attached hydrogens (tertiary/aromatic N) is 3. The minimum absolute atomic E-state index is 0.123. The molecule has 106 valence electrons. The molecule has 1 fully saturated rings. The maximum absolute atomic E-state index is 12.2. The highest BCUT2D eigenvalue weighted by Gasteiger charge is 2.28. The van der Waals surface area contributed by atoms with Crippen molar-refractivity contribution in [2.24, 2.45) is 5.92 Å². The highest BCUT2D eigenvalue weighted by molar-refractivity contribution is 5.84. The van der Waals surface area contributed by atoms with Gasteiger partial charge in [-0.3, -0.25) is 4.79 Å². The monoisotopic (exact) mass is 265 g/mol. The van der Waals surface area contributed by atoms with Gasteiger partial charge in [-0.25, -0.2) is 9.67 Å². The van der Waals surface area contributed by atoms with Gasteiger partial charge in [0.1, 0.15) is 18.3 Å². The maximum Gasteiger partial charge on any atom is 0.169 e. The van der Waals surface area contributed by atoms with Gasteiger partial charge in [-0.2, -0.15) is 5.10 Å². The van der Waals surface area contributed by atoms with Crippen LogP contribution in [-0.4, -0.2) is 31.8 Å². The van der Waals surface area contributed by atoms with Gasteiger partial charge >= 0.3 is 0 Å². The highest BCUT2D eigenvalue weighted by Crippen LogP contribution is 2.27. The Labute approximate surface area is 114 Å². The van der Waals surface area contributed by atoms with Crippen molar-refractivity contribution in [2.45, 2.75) is 64.5 Å². The molecule has 1 heterocycles. The second-order valence-electron chi connectivity index (χ2n) is 5.70. The lowest BCUT2D eigenvalue weighted by Crippen LogP contribution is -2.33. The summed E-state index contributed by atoms with van der Waals surface area (Å²) >= 11 is 0. The first-order valence-electron chi connectivity index (χ1n) is 7.18. The summed E-state index contributed by atoms with van der Waals surface area (Å²) in [4.78, 5) is 16.3. The van der Waals surface area contributed by atoms with Crippen LogP contribution in [0.25, 0.3) is 0 Å². The first-order valence-corrected chi connectivity index (χ1v) is 7.18. The minimum Gasteiger partial charge on any atom is -0.385 e. The first kappa shape index (κ1) is 14.2. The van der Waals surface area contributed by atoms with Gasteiger partial charge in [0, 0.05) is 6.04 Å². The predicted molar refractivity (Wildman–Crippen MR) is 71.7 cm³/mol. The number of carbonyl (C=O) groups is 1. The zero-order chi connectivity index (χ0) is 13.8. The second kappa shape index (κ2) is 6.28. The third kappa shape index (κ3) is 3.41. The van der Waals surface area contributed by atoms with Crippen LogP contribution in [0.5, 0.6) is 0 Å². The number of hydrogen-bond donors (Lipinski definition) is 1. The topological polar surface area (TPSA) is 68.0 Å². The number of rotatable bonds is 5. The fraction of sp³-hybridized carbons (Fsp3) is 0.786. The number of ketones is 1. The Morgan fingerprint density at radius 1 is 1.42 bits per heavy atom. The standard InChI is InChI=1S/C14H23N3O2/c1-10(2)17-13(15-9-16-17)8-12(18)14(19)11-6-4-3-5-7-11/h9-11,14,19H,3-8H2,1-2H3. The maximum atomic E-state index is 12.2. The third-order valence-electron chi connectivity index (χ3n) is 3.89. The fourth-order valence-electron chi connectivity index (χ4n) is 2.81. The second-order valence-corrected chi connectivity index (χ2v) is 5.70. The van der Waals surface area contributed by atoms with Crippen LogP contribution in [0.3, 0.4) is 0 Å². The van der Waals surface area contributed by atoms with E-state index < -0.39 is 6.10 Å². The Morgan fingerprint density at radius 3 is 2.74 bits per heavy atom. The molecular formula is C14H23N3O2. The molecule has 19 heavy (non-hydrogen) atoms. The first-order chi connectivity index (χ1) is 9.09. The third-order valence-corrected chi connectivity index (χ3v) is 3.89. The van der Waals surface area contributed by atoms with Crippen LogP contribution in [0.15, 0.2) is 6.33 Å².